The Morgan fingerprint density at radius 3 is 2.62 bits per heavy atom. The molecule has 2 N–H and O–H groups in total. The number of H-pyrrole nitrogens is 1. The molecular weight excluding hydrogens is 387 g/mol. The standard InChI is InChI=1S/C20H14F3N3O3/c1-10-2-3-11-14(8-10)29-15-9-24-7-6-12(15)17(11)26-19(28)13-4-5-16(20(21,22)23)25-18(13)27/h2-9,17H,1H3,(H,25,27)(H,26,28). The predicted octanol–water partition coefficient (Wildman–Crippen LogP) is 3.72. The highest BCUT2D eigenvalue weighted by Crippen LogP contribution is 2.42. The molecule has 4 rings (SSSR count). The minimum absolute atomic E-state index is 0.422. The lowest BCUT2D eigenvalue weighted by Crippen LogP contribution is -2.35. The minimum Gasteiger partial charge on any atom is -0.455 e. The van der Waals surface area contributed by atoms with E-state index in [2.05, 4.69) is 10.3 Å². The van der Waals surface area contributed by atoms with Gasteiger partial charge in [-0.3, -0.25) is 14.6 Å². The Kier molecular flexibility index (Phi) is 4.37. The number of aromatic amines is 1. The number of nitrogens with zero attached hydrogens (tertiary/aromatic N) is 1. The maximum absolute atomic E-state index is 12.7. The number of hydrogen-bond acceptors (Lipinski definition) is 4. The quantitative estimate of drug-likeness (QED) is 0.686. The number of fused-ring (bicyclic) bond motifs is 2. The van der Waals surface area contributed by atoms with Crippen LogP contribution in [0, 0.1) is 6.92 Å². The molecule has 0 fully saturated rings. The zero-order valence-electron chi connectivity index (χ0n) is 15.0. The van der Waals surface area contributed by atoms with Crippen LogP contribution in [-0.2, 0) is 6.18 Å². The summed E-state index contributed by atoms with van der Waals surface area (Å²) in [5, 5.41) is 2.72. The number of nitrogens with one attached hydrogen (secondary N) is 2. The van der Waals surface area contributed by atoms with Gasteiger partial charge in [-0.25, -0.2) is 0 Å². The number of aromatic nitrogens is 2. The van der Waals surface area contributed by atoms with E-state index in [0.29, 0.717) is 28.7 Å². The lowest BCUT2D eigenvalue weighted by Gasteiger charge is -2.28. The number of benzene rings is 1. The summed E-state index contributed by atoms with van der Waals surface area (Å²) in [6, 6.07) is 7.96. The van der Waals surface area contributed by atoms with E-state index >= 15 is 0 Å². The first kappa shape index (κ1) is 18.7. The maximum Gasteiger partial charge on any atom is 0.431 e. The van der Waals surface area contributed by atoms with Crippen molar-refractivity contribution in [3.8, 4) is 11.5 Å². The van der Waals surface area contributed by atoms with Crippen molar-refractivity contribution in [3.63, 3.8) is 0 Å². The summed E-state index contributed by atoms with van der Waals surface area (Å²) in [5.41, 5.74) is -0.543. The number of amides is 1. The van der Waals surface area contributed by atoms with Crippen molar-refractivity contribution < 1.29 is 22.7 Å². The van der Waals surface area contributed by atoms with Crippen molar-refractivity contribution in [1.29, 1.82) is 0 Å². The molecule has 1 atom stereocenters. The van der Waals surface area contributed by atoms with Gasteiger partial charge in [0, 0.05) is 17.3 Å². The van der Waals surface area contributed by atoms with Gasteiger partial charge in [0.1, 0.15) is 17.0 Å². The molecule has 0 radical (unpaired) electrons. The number of rotatable bonds is 2. The molecule has 0 bridgehead atoms. The number of alkyl halides is 3. The van der Waals surface area contributed by atoms with Crippen LogP contribution in [0.15, 0.2) is 53.6 Å². The number of aryl methyl sites for hydroxylation is 1. The smallest absolute Gasteiger partial charge is 0.431 e. The zero-order chi connectivity index (χ0) is 20.8. The summed E-state index contributed by atoms with van der Waals surface area (Å²) in [5.74, 6) is 0.163. The van der Waals surface area contributed by atoms with E-state index in [0.717, 1.165) is 11.6 Å². The van der Waals surface area contributed by atoms with Crippen LogP contribution in [0.3, 0.4) is 0 Å². The fraction of sp³-hybridized carbons (Fsp3) is 0.150. The summed E-state index contributed by atoms with van der Waals surface area (Å²) in [4.78, 5) is 30.5. The highest BCUT2D eigenvalue weighted by Gasteiger charge is 2.33. The zero-order valence-corrected chi connectivity index (χ0v) is 15.0. The monoisotopic (exact) mass is 401 g/mol. The number of hydrogen-bond donors (Lipinski definition) is 2. The van der Waals surface area contributed by atoms with Gasteiger partial charge in [-0.15, -0.1) is 0 Å². The van der Waals surface area contributed by atoms with E-state index in [4.69, 9.17) is 4.74 Å². The fourth-order valence-electron chi connectivity index (χ4n) is 3.15. The molecular formula is C20H14F3N3O3. The minimum atomic E-state index is -4.71. The Morgan fingerprint density at radius 2 is 1.90 bits per heavy atom. The Hall–Kier alpha value is -3.62. The number of ether oxygens (including phenoxy) is 1. The van der Waals surface area contributed by atoms with E-state index in [1.54, 1.807) is 23.2 Å². The third-order valence-corrected chi connectivity index (χ3v) is 4.56. The second-order valence-electron chi connectivity index (χ2n) is 6.58. The van der Waals surface area contributed by atoms with Gasteiger partial charge in [-0.1, -0.05) is 12.1 Å². The van der Waals surface area contributed by atoms with Crippen LogP contribution in [-0.4, -0.2) is 15.9 Å². The van der Waals surface area contributed by atoms with Crippen molar-refractivity contribution in [3.05, 3.63) is 87.1 Å². The van der Waals surface area contributed by atoms with Crippen LogP contribution >= 0.6 is 0 Å². The first-order chi connectivity index (χ1) is 13.7. The summed E-state index contributed by atoms with van der Waals surface area (Å²) in [6.45, 7) is 1.89. The average Bonchev–Trinajstić information content (AvgIpc) is 2.66. The predicted molar refractivity (Wildman–Crippen MR) is 96.9 cm³/mol. The highest BCUT2D eigenvalue weighted by molar-refractivity contribution is 5.94. The van der Waals surface area contributed by atoms with E-state index in [-0.39, 0.29) is 0 Å². The van der Waals surface area contributed by atoms with Gasteiger partial charge < -0.3 is 15.0 Å². The molecule has 0 aliphatic carbocycles. The van der Waals surface area contributed by atoms with Gasteiger partial charge in [0.2, 0.25) is 0 Å². The lowest BCUT2D eigenvalue weighted by molar-refractivity contribution is -0.141. The van der Waals surface area contributed by atoms with Gasteiger partial charge >= 0.3 is 6.18 Å². The Labute approximate surface area is 162 Å². The molecule has 29 heavy (non-hydrogen) atoms. The van der Waals surface area contributed by atoms with Crippen LogP contribution < -0.4 is 15.6 Å². The topological polar surface area (TPSA) is 84.1 Å². The Balaban J connectivity index is 1.71. The largest absolute Gasteiger partial charge is 0.455 e. The van der Waals surface area contributed by atoms with Crippen LogP contribution in [0.1, 0.15) is 38.8 Å². The molecule has 6 nitrogen and oxygen atoms in total. The van der Waals surface area contributed by atoms with Crippen LogP contribution in [0.25, 0.3) is 0 Å². The van der Waals surface area contributed by atoms with Crippen molar-refractivity contribution in [1.82, 2.24) is 15.3 Å². The SMILES string of the molecule is Cc1ccc2c(c1)Oc1cnccc1C2NC(=O)c1ccc(C(F)(F)F)[nH]c1=O. The van der Waals surface area contributed by atoms with E-state index in [1.807, 2.05) is 13.0 Å². The van der Waals surface area contributed by atoms with Gasteiger partial charge in [-0.05, 0) is 36.8 Å². The Morgan fingerprint density at radius 1 is 1.14 bits per heavy atom. The molecule has 3 heterocycles. The molecule has 1 aromatic carbocycles. The second-order valence-corrected chi connectivity index (χ2v) is 6.58. The van der Waals surface area contributed by atoms with Crippen LogP contribution in [0.2, 0.25) is 0 Å². The molecule has 1 aliphatic rings. The average molecular weight is 401 g/mol. The van der Waals surface area contributed by atoms with E-state index in [1.165, 1.54) is 12.4 Å². The number of halogens is 3. The van der Waals surface area contributed by atoms with Gasteiger partial charge in [-0.2, -0.15) is 13.2 Å². The lowest BCUT2D eigenvalue weighted by atomic mass is 9.94. The first-order valence-electron chi connectivity index (χ1n) is 8.58. The number of carbonyl (C=O) groups excluding carboxylic acids is 1. The van der Waals surface area contributed by atoms with Crippen molar-refractivity contribution >= 4 is 5.91 Å². The summed E-state index contributed by atoms with van der Waals surface area (Å²) in [6.07, 6.45) is -1.67. The summed E-state index contributed by atoms with van der Waals surface area (Å²) in [7, 11) is 0. The summed E-state index contributed by atoms with van der Waals surface area (Å²) < 4.78 is 44.1. The first-order valence-corrected chi connectivity index (χ1v) is 8.58. The molecule has 1 aliphatic heterocycles. The summed E-state index contributed by atoms with van der Waals surface area (Å²) >= 11 is 0. The molecule has 2 aromatic heterocycles. The molecule has 0 saturated heterocycles. The van der Waals surface area contributed by atoms with Crippen molar-refractivity contribution in [2.24, 2.45) is 0 Å². The number of pyridine rings is 2. The van der Waals surface area contributed by atoms with Gasteiger partial charge in [0.05, 0.1) is 12.2 Å². The van der Waals surface area contributed by atoms with E-state index in [9.17, 15) is 22.8 Å². The van der Waals surface area contributed by atoms with Crippen molar-refractivity contribution in [2.45, 2.75) is 19.1 Å². The molecule has 0 saturated carbocycles. The van der Waals surface area contributed by atoms with Crippen LogP contribution in [0.4, 0.5) is 13.2 Å². The molecule has 1 unspecified atom stereocenters. The molecule has 3 aromatic rings. The molecule has 1 amide bonds. The fourth-order valence-corrected chi connectivity index (χ4v) is 3.15. The number of carbonyl (C=O) groups is 1. The normalized spacial score (nSPS) is 15.1. The molecule has 9 heteroatoms. The third kappa shape index (κ3) is 3.46. The Bertz CT molecular complexity index is 1170. The maximum atomic E-state index is 12.7. The molecule has 0 spiro atoms. The van der Waals surface area contributed by atoms with E-state index < -0.39 is 34.9 Å². The van der Waals surface area contributed by atoms with Gasteiger partial charge in [0.25, 0.3) is 11.5 Å². The van der Waals surface area contributed by atoms with Gasteiger partial charge in [0.15, 0.2) is 5.75 Å². The van der Waals surface area contributed by atoms with Crippen molar-refractivity contribution in [2.75, 3.05) is 0 Å². The highest BCUT2D eigenvalue weighted by atomic mass is 19.4. The third-order valence-electron chi connectivity index (χ3n) is 4.56. The van der Waals surface area contributed by atoms with Crippen LogP contribution in [0.5, 0.6) is 11.5 Å². The molecule has 148 valence electrons. The second kappa shape index (κ2) is 6.77.